The van der Waals surface area contributed by atoms with Crippen molar-refractivity contribution in [3.05, 3.63) is 39.9 Å². The molecule has 4 heteroatoms. The molecule has 0 spiro atoms. The summed E-state index contributed by atoms with van der Waals surface area (Å²) in [4.78, 5) is 11.1. The highest BCUT2D eigenvalue weighted by molar-refractivity contribution is 6.35. The second kappa shape index (κ2) is 5.19. The average molecular weight is 245 g/mol. The van der Waals surface area contributed by atoms with E-state index in [-0.39, 0.29) is 11.5 Å². The number of aliphatic hydroxyl groups is 1. The van der Waals surface area contributed by atoms with Crippen molar-refractivity contribution in [2.24, 2.45) is 0 Å². The molecule has 0 radical (unpaired) electrons. The van der Waals surface area contributed by atoms with E-state index >= 15 is 0 Å². The molecule has 0 saturated carbocycles. The topological polar surface area (TPSA) is 37.3 Å². The quantitative estimate of drug-likeness (QED) is 0.648. The van der Waals surface area contributed by atoms with Gasteiger partial charge in [0, 0.05) is 23.1 Å². The first-order valence-electron chi connectivity index (χ1n) is 4.43. The lowest BCUT2D eigenvalue weighted by Gasteiger charge is -2.03. The number of carbonyl (C=O) groups excluding carboxylic acids is 1. The van der Waals surface area contributed by atoms with Gasteiger partial charge in [-0.2, -0.15) is 0 Å². The monoisotopic (exact) mass is 244 g/mol. The maximum atomic E-state index is 11.1. The summed E-state index contributed by atoms with van der Waals surface area (Å²) in [6, 6.07) is 4.68. The molecular formula is C11H10Cl2O2. The van der Waals surface area contributed by atoms with Gasteiger partial charge in [0.25, 0.3) is 0 Å². The van der Waals surface area contributed by atoms with Crippen molar-refractivity contribution in [2.45, 2.75) is 13.3 Å². The van der Waals surface area contributed by atoms with E-state index in [1.54, 1.807) is 19.1 Å². The fourth-order valence-corrected chi connectivity index (χ4v) is 1.53. The van der Waals surface area contributed by atoms with E-state index in [1.807, 2.05) is 0 Å². The molecule has 0 saturated heterocycles. The summed E-state index contributed by atoms with van der Waals surface area (Å²) in [6.45, 7) is 1.72. The van der Waals surface area contributed by atoms with Crippen LogP contribution in [0.15, 0.2) is 24.3 Å². The zero-order valence-electron chi connectivity index (χ0n) is 8.13. The molecule has 0 aliphatic carbocycles. The summed E-state index contributed by atoms with van der Waals surface area (Å²) in [6.07, 6.45) is 1.50. The lowest BCUT2D eigenvalue weighted by molar-refractivity contribution is -0.114. The predicted octanol–water partition coefficient (Wildman–Crippen LogP) is 3.87. The summed E-state index contributed by atoms with van der Waals surface area (Å²) in [5.74, 6) is -0.290. The molecule has 1 aromatic carbocycles. The molecule has 1 aromatic rings. The second-order valence-corrected chi connectivity index (χ2v) is 3.82. The average Bonchev–Trinajstić information content (AvgIpc) is 2.17. The lowest BCUT2D eigenvalue weighted by atomic mass is 10.1. The minimum Gasteiger partial charge on any atom is -0.507 e. The van der Waals surface area contributed by atoms with Crippen LogP contribution in [0.25, 0.3) is 5.76 Å². The van der Waals surface area contributed by atoms with Gasteiger partial charge in [-0.15, -0.1) is 0 Å². The third-order valence-corrected chi connectivity index (χ3v) is 2.40. The molecule has 0 aliphatic heterocycles. The molecule has 15 heavy (non-hydrogen) atoms. The summed E-state index contributed by atoms with van der Waals surface area (Å²) in [7, 11) is 0. The van der Waals surface area contributed by atoms with Crippen LogP contribution in [0.5, 0.6) is 0 Å². The minimum absolute atomic E-state index is 0.136. The van der Waals surface area contributed by atoms with Crippen LogP contribution in [0.3, 0.4) is 0 Å². The molecule has 0 amide bonds. The first-order valence-corrected chi connectivity index (χ1v) is 5.19. The number of hydrogen-bond donors (Lipinski definition) is 1. The van der Waals surface area contributed by atoms with Gasteiger partial charge in [0.05, 0.1) is 5.02 Å². The normalized spacial score (nSPS) is 11.5. The highest BCUT2D eigenvalue weighted by atomic mass is 35.5. The number of ketones is 1. The molecule has 1 rings (SSSR count). The van der Waals surface area contributed by atoms with E-state index in [2.05, 4.69) is 0 Å². The molecule has 0 bridgehead atoms. The third kappa shape index (κ3) is 3.26. The summed E-state index contributed by atoms with van der Waals surface area (Å²) < 4.78 is 0. The zero-order valence-corrected chi connectivity index (χ0v) is 9.64. The number of halogens is 2. The van der Waals surface area contributed by atoms with Gasteiger partial charge in [-0.05, 0) is 18.2 Å². The Morgan fingerprint density at radius 1 is 1.47 bits per heavy atom. The predicted molar refractivity (Wildman–Crippen MR) is 62.4 cm³/mol. The summed E-state index contributed by atoms with van der Waals surface area (Å²) in [5.41, 5.74) is 0.405. The fourth-order valence-electron chi connectivity index (χ4n) is 1.03. The highest BCUT2D eigenvalue weighted by Gasteiger charge is 2.06. The maximum Gasteiger partial charge on any atom is 0.159 e. The molecule has 0 unspecified atom stereocenters. The number of carbonyl (C=O) groups is 1. The Morgan fingerprint density at radius 3 is 2.67 bits per heavy atom. The highest BCUT2D eigenvalue weighted by Crippen LogP contribution is 2.25. The Bertz CT molecular complexity index is 411. The maximum absolute atomic E-state index is 11.1. The van der Waals surface area contributed by atoms with Gasteiger partial charge >= 0.3 is 0 Å². The van der Waals surface area contributed by atoms with E-state index in [9.17, 15) is 9.90 Å². The van der Waals surface area contributed by atoms with Crippen LogP contribution in [-0.4, -0.2) is 10.9 Å². The van der Waals surface area contributed by atoms with Crippen LogP contribution in [-0.2, 0) is 4.79 Å². The number of allylic oxidation sites excluding steroid dienone is 1. The van der Waals surface area contributed by atoms with Crippen LogP contribution in [0.4, 0.5) is 0 Å². The van der Waals surface area contributed by atoms with Crippen molar-refractivity contribution in [1.29, 1.82) is 0 Å². The van der Waals surface area contributed by atoms with E-state index in [1.165, 1.54) is 6.07 Å². The molecule has 0 fully saturated rings. The van der Waals surface area contributed by atoms with Crippen LogP contribution in [0, 0.1) is 0 Å². The van der Waals surface area contributed by atoms with Crippen molar-refractivity contribution in [3.63, 3.8) is 0 Å². The van der Waals surface area contributed by atoms with Crippen LogP contribution in [0.1, 0.15) is 18.9 Å². The fraction of sp³-hybridized carbons (Fsp3) is 0.182. The Kier molecular flexibility index (Phi) is 4.18. The van der Waals surface area contributed by atoms with E-state index in [4.69, 9.17) is 23.2 Å². The first kappa shape index (κ1) is 12.1. The van der Waals surface area contributed by atoms with Crippen molar-refractivity contribution in [2.75, 3.05) is 0 Å². The van der Waals surface area contributed by atoms with Crippen LogP contribution in [0.2, 0.25) is 10.0 Å². The van der Waals surface area contributed by atoms with Crippen molar-refractivity contribution >= 4 is 34.7 Å². The van der Waals surface area contributed by atoms with Gasteiger partial charge in [-0.25, -0.2) is 0 Å². The smallest absolute Gasteiger partial charge is 0.159 e. The zero-order chi connectivity index (χ0) is 11.4. The minimum atomic E-state index is -0.154. The van der Waals surface area contributed by atoms with Gasteiger partial charge in [-0.1, -0.05) is 30.1 Å². The Hall–Kier alpha value is -0.990. The molecule has 0 heterocycles. The first-order chi connectivity index (χ1) is 7.04. The Morgan fingerprint density at radius 2 is 2.13 bits per heavy atom. The molecule has 0 atom stereocenters. The SMILES string of the molecule is CCC(=O)C=C(O)c1ccc(Cl)cc1Cl. The Labute approximate surface area is 98.1 Å². The summed E-state index contributed by atoms with van der Waals surface area (Å²) >= 11 is 11.6. The summed E-state index contributed by atoms with van der Waals surface area (Å²) in [5, 5.41) is 10.4. The lowest BCUT2D eigenvalue weighted by Crippen LogP contribution is -1.92. The number of aliphatic hydroxyl groups excluding tert-OH is 1. The van der Waals surface area contributed by atoms with E-state index < -0.39 is 0 Å². The molecule has 0 aliphatic rings. The number of benzene rings is 1. The largest absolute Gasteiger partial charge is 0.507 e. The molecule has 1 N–H and O–H groups in total. The second-order valence-electron chi connectivity index (χ2n) is 2.97. The van der Waals surface area contributed by atoms with Crippen LogP contribution >= 0.6 is 23.2 Å². The molecular weight excluding hydrogens is 235 g/mol. The van der Waals surface area contributed by atoms with Crippen molar-refractivity contribution < 1.29 is 9.90 Å². The Balaban J connectivity index is 3.06. The number of hydrogen-bond acceptors (Lipinski definition) is 2. The van der Waals surface area contributed by atoms with Crippen molar-refractivity contribution in [3.8, 4) is 0 Å². The van der Waals surface area contributed by atoms with Crippen LogP contribution < -0.4 is 0 Å². The molecule has 0 aromatic heterocycles. The standard InChI is InChI=1S/C11H10Cl2O2/c1-2-8(14)6-11(15)9-4-3-7(12)5-10(9)13/h3-6,15H,2H2,1H3. The van der Waals surface area contributed by atoms with Gasteiger partial charge in [0.1, 0.15) is 5.76 Å². The molecule has 2 nitrogen and oxygen atoms in total. The van der Waals surface area contributed by atoms with E-state index in [0.29, 0.717) is 22.0 Å². The number of rotatable bonds is 3. The molecule has 80 valence electrons. The van der Waals surface area contributed by atoms with Gasteiger partial charge in [0.15, 0.2) is 5.78 Å². The van der Waals surface area contributed by atoms with Crippen molar-refractivity contribution in [1.82, 2.24) is 0 Å². The van der Waals surface area contributed by atoms with Gasteiger partial charge in [-0.3, -0.25) is 4.79 Å². The van der Waals surface area contributed by atoms with E-state index in [0.717, 1.165) is 6.08 Å². The van der Waals surface area contributed by atoms with Gasteiger partial charge < -0.3 is 5.11 Å². The van der Waals surface area contributed by atoms with Gasteiger partial charge in [0.2, 0.25) is 0 Å². The third-order valence-electron chi connectivity index (χ3n) is 1.85.